The monoisotopic (exact) mass is 396 g/mol. The van der Waals surface area contributed by atoms with Crippen LogP contribution in [-0.4, -0.2) is 31.6 Å². The fraction of sp³-hybridized carbons (Fsp3) is 0.958. The van der Waals surface area contributed by atoms with E-state index in [0.29, 0.717) is 6.42 Å². The summed E-state index contributed by atoms with van der Waals surface area (Å²) >= 11 is 0. The highest BCUT2D eigenvalue weighted by Crippen LogP contribution is 2.26. The van der Waals surface area contributed by atoms with Gasteiger partial charge in [0.1, 0.15) is 6.10 Å². The average molecular weight is 397 g/mol. The average Bonchev–Trinajstić information content (AvgIpc) is 2.71. The highest BCUT2D eigenvalue weighted by molar-refractivity contribution is 5.69. The molecule has 0 amide bonds. The summed E-state index contributed by atoms with van der Waals surface area (Å²) in [5.74, 6) is 0.833. The number of hydrogen-bond donors (Lipinski definition) is 0. The quantitative estimate of drug-likeness (QED) is 0.246. The Bertz CT molecular complexity index is 384. The number of ether oxygens (including phenoxy) is 3. The van der Waals surface area contributed by atoms with Crippen LogP contribution in [0.4, 0.5) is 0 Å². The lowest BCUT2D eigenvalue weighted by molar-refractivity contribution is -0.162. The number of rotatable bonds is 14. The van der Waals surface area contributed by atoms with Gasteiger partial charge in [-0.2, -0.15) is 0 Å². The Balaban J connectivity index is 1.28. The van der Waals surface area contributed by atoms with Gasteiger partial charge in [0, 0.05) is 19.6 Å². The van der Waals surface area contributed by atoms with Crippen LogP contribution in [0.5, 0.6) is 0 Å². The molecule has 2 rings (SSSR count). The zero-order chi connectivity index (χ0) is 19.9. The van der Waals surface area contributed by atoms with E-state index >= 15 is 0 Å². The van der Waals surface area contributed by atoms with E-state index in [-0.39, 0.29) is 18.4 Å². The van der Waals surface area contributed by atoms with Crippen molar-refractivity contribution in [2.45, 2.75) is 128 Å². The second kappa shape index (κ2) is 15.3. The third-order valence-electron chi connectivity index (χ3n) is 6.23. The van der Waals surface area contributed by atoms with Crippen LogP contribution < -0.4 is 0 Å². The van der Waals surface area contributed by atoms with Gasteiger partial charge in [-0.1, -0.05) is 51.9 Å². The fourth-order valence-corrected chi connectivity index (χ4v) is 4.26. The molecule has 1 saturated carbocycles. The molecule has 1 unspecified atom stereocenters. The lowest BCUT2D eigenvalue weighted by Crippen LogP contribution is -2.23. The molecular formula is C24H44O4. The van der Waals surface area contributed by atoms with Crippen molar-refractivity contribution in [3.05, 3.63) is 0 Å². The standard InChI is InChI=1S/C24H44O4/c1-21-15-17-22(18-16-21)28-23(25)13-9-7-5-3-2-4-6-8-11-19-26-24-14-10-12-20-27-24/h21-22,24H,2-20H2,1H3. The lowest BCUT2D eigenvalue weighted by Gasteiger charge is -2.25. The topological polar surface area (TPSA) is 44.8 Å². The molecule has 1 saturated heterocycles. The molecule has 0 aromatic heterocycles. The summed E-state index contributed by atoms with van der Waals surface area (Å²) < 4.78 is 17.0. The summed E-state index contributed by atoms with van der Waals surface area (Å²) in [6.45, 7) is 4.01. The van der Waals surface area contributed by atoms with Gasteiger partial charge in [0.25, 0.3) is 0 Å². The second-order valence-corrected chi connectivity index (χ2v) is 8.97. The molecule has 2 aliphatic rings. The van der Waals surface area contributed by atoms with E-state index in [4.69, 9.17) is 14.2 Å². The maximum absolute atomic E-state index is 11.9. The summed E-state index contributed by atoms with van der Waals surface area (Å²) in [6.07, 6.45) is 20.0. The first-order valence-corrected chi connectivity index (χ1v) is 12.2. The van der Waals surface area contributed by atoms with E-state index in [2.05, 4.69) is 6.92 Å². The van der Waals surface area contributed by atoms with E-state index < -0.39 is 0 Å². The van der Waals surface area contributed by atoms with Crippen molar-refractivity contribution in [3.8, 4) is 0 Å². The molecular weight excluding hydrogens is 352 g/mol. The number of carbonyl (C=O) groups is 1. The zero-order valence-corrected chi connectivity index (χ0v) is 18.3. The molecule has 1 aliphatic heterocycles. The first kappa shape index (κ1) is 23.7. The van der Waals surface area contributed by atoms with Crippen LogP contribution in [-0.2, 0) is 19.0 Å². The van der Waals surface area contributed by atoms with E-state index in [1.54, 1.807) is 0 Å². The van der Waals surface area contributed by atoms with Crippen LogP contribution in [0.3, 0.4) is 0 Å². The minimum absolute atomic E-state index is 0.0281. The zero-order valence-electron chi connectivity index (χ0n) is 18.3. The maximum Gasteiger partial charge on any atom is 0.306 e. The molecule has 0 aromatic rings. The molecule has 164 valence electrons. The van der Waals surface area contributed by atoms with Gasteiger partial charge in [-0.25, -0.2) is 0 Å². The number of hydrogen-bond acceptors (Lipinski definition) is 4. The van der Waals surface area contributed by atoms with Gasteiger partial charge in [0.15, 0.2) is 6.29 Å². The van der Waals surface area contributed by atoms with Crippen LogP contribution in [0.25, 0.3) is 0 Å². The maximum atomic E-state index is 11.9. The summed E-state index contributed by atoms with van der Waals surface area (Å²) in [7, 11) is 0. The van der Waals surface area contributed by atoms with Crippen LogP contribution in [0.15, 0.2) is 0 Å². The highest BCUT2D eigenvalue weighted by atomic mass is 16.7. The first-order chi connectivity index (χ1) is 13.7. The summed E-state index contributed by atoms with van der Waals surface area (Å²) in [5.41, 5.74) is 0. The van der Waals surface area contributed by atoms with Crippen LogP contribution >= 0.6 is 0 Å². The van der Waals surface area contributed by atoms with Crippen molar-refractivity contribution < 1.29 is 19.0 Å². The molecule has 2 fully saturated rings. The van der Waals surface area contributed by atoms with Gasteiger partial charge in [-0.15, -0.1) is 0 Å². The van der Waals surface area contributed by atoms with Gasteiger partial charge in [-0.05, 0) is 63.7 Å². The Morgan fingerprint density at radius 2 is 1.46 bits per heavy atom. The molecule has 0 N–H and O–H groups in total. The Labute approximate surface area is 173 Å². The molecule has 4 heteroatoms. The van der Waals surface area contributed by atoms with Crippen molar-refractivity contribution in [2.24, 2.45) is 5.92 Å². The van der Waals surface area contributed by atoms with Crippen LogP contribution in [0.1, 0.15) is 116 Å². The molecule has 0 spiro atoms. The van der Waals surface area contributed by atoms with Crippen molar-refractivity contribution >= 4 is 5.97 Å². The molecule has 1 heterocycles. The number of esters is 1. The minimum atomic E-state index is 0.0281. The molecule has 1 aliphatic carbocycles. The smallest absolute Gasteiger partial charge is 0.306 e. The molecule has 4 nitrogen and oxygen atoms in total. The summed E-state index contributed by atoms with van der Waals surface area (Å²) in [4.78, 5) is 11.9. The van der Waals surface area contributed by atoms with Crippen LogP contribution in [0, 0.1) is 5.92 Å². The van der Waals surface area contributed by atoms with Gasteiger partial charge in [0.2, 0.25) is 0 Å². The minimum Gasteiger partial charge on any atom is -0.462 e. The van der Waals surface area contributed by atoms with Gasteiger partial charge in [0.05, 0.1) is 0 Å². The van der Waals surface area contributed by atoms with E-state index in [1.807, 2.05) is 0 Å². The number of unbranched alkanes of at least 4 members (excludes halogenated alkanes) is 8. The Morgan fingerprint density at radius 1 is 0.821 bits per heavy atom. The second-order valence-electron chi connectivity index (χ2n) is 8.97. The van der Waals surface area contributed by atoms with Crippen LogP contribution in [0.2, 0.25) is 0 Å². The van der Waals surface area contributed by atoms with Crippen molar-refractivity contribution in [1.29, 1.82) is 0 Å². The lowest BCUT2D eigenvalue weighted by atomic mass is 9.89. The van der Waals surface area contributed by atoms with Gasteiger partial charge >= 0.3 is 5.97 Å². The van der Waals surface area contributed by atoms with E-state index in [9.17, 15) is 4.79 Å². The third-order valence-corrected chi connectivity index (χ3v) is 6.23. The van der Waals surface area contributed by atoms with Gasteiger partial charge < -0.3 is 14.2 Å². The Morgan fingerprint density at radius 3 is 2.11 bits per heavy atom. The number of carbonyl (C=O) groups excluding carboxylic acids is 1. The van der Waals surface area contributed by atoms with Crippen molar-refractivity contribution in [2.75, 3.05) is 13.2 Å². The molecule has 28 heavy (non-hydrogen) atoms. The highest BCUT2D eigenvalue weighted by Gasteiger charge is 2.21. The molecule has 1 atom stereocenters. The first-order valence-electron chi connectivity index (χ1n) is 12.2. The fourth-order valence-electron chi connectivity index (χ4n) is 4.26. The summed E-state index contributed by atoms with van der Waals surface area (Å²) in [5, 5.41) is 0. The predicted molar refractivity (Wildman–Crippen MR) is 113 cm³/mol. The van der Waals surface area contributed by atoms with Crippen molar-refractivity contribution in [1.82, 2.24) is 0 Å². The predicted octanol–water partition coefficient (Wildman–Crippen LogP) is 6.55. The van der Waals surface area contributed by atoms with E-state index in [0.717, 1.165) is 57.7 Å². The van der Waals surface area contributed by atoms with Crippen molar-refractivity contribution in [3.63, 3.8) is 0 Å². The largest absolute Gasteiger partial charge is 0.462 e. The molecule has 0 radical (unpaired) electrons. The SMILES string of the molecule is CC1CCC(OC(=O)CCCCCCCCCCCOC2CCCCO2)CC1. The van der Waals surface area contributed by atoms with Gasteiger partial charge in [-0.3, -0.25) is 4.79 Å². The molecule has 0 bridgehead atoms. The van der Waals surface area contributed by atoms with E-state index in [1.165, 1.54) is 64.2 Å². The third kappa shape index (κ3) is 11.4. The Hall–Kier alpha value is -0.610. The summed E-state index contributed by atoms with van der Waals surface area (Å²) in [6, 6.07) is 0. The molecule has 0 aromatic carbocycles. The normalized spacial score (nSPS) is 25.5. The Kier molecular flexibility index (Phi) is 12.9.